The van der Waals surface area contributed by atoms with E-state index < -0.39 is 5.92 Å². The number of rotatable bonds is 5. The van der Waals surface area contributed by atoms with Crippen LogP contribution in [0.3, 0.4) is 0 Å². The molecule has 1 aromatic carbocycles. The molecule has 184 valence electrons. The van der Waals surface area contributed by atoms with Crippen molar-refractivity contribution in [2.24, 2.45) is 5.41 Å². The summed E-state index contributed by atoms with van der Waals surface area (Å²) in [5.74, 6) is 0.873. The molecule has 0 bridgehead atoms. The monoisotopic (exact) mass is 530 g/mol. The fourth-order valence-electron chi connectivity index (χ4n) is 5.51. The molecule has 6 nitrogen and oxygen atoms in total. The largest absolute Gasteiger partial charge is 0.493 e. The van der Waals surface area contributed by atoms with E-state index in [-0.39, 0.29) is 17.1 Å². The summed E-state index contributed by atoms with van der Waals surface area (Å²) >= 11 is 3.64. The molecule has 34 heavy (non-hydrogen) atoms. The highest BCUT2D eigenvalue weighted by Gasteiger charge is 2.44. The maximum Gasteiger partial charge on any atom is 0.252 e. The van der Waals surface area contributed by atoms with E-state index in [4.69, 9.17) is 9.47 Å². The van der Waals surface area contributed by atoms with Crippen molar-refractivity contribution in [2.45, 2.75) is 65.7 Å². The van der Waals surface area contributed by atoms with E-state index in [9.17, 15) is 9.59 Å². The number of ether oxygens (including phenoxy) is 2. The van der Waals surface area contributed by atoms with E-state index in [1.165, 1.54) is 0 Å². The van der Waals surface area contributed by atoms with Crippen LogP contribution in [0.4, 0.5) is 0 Å². The lowest BCUT2D eigenvalue weighted by atomic mass is 9.68. The topological polar surface area (TPSA) is 67.9 Å². The van der Waals surface area contributed by atoms with Crippen LogP contribution in [0.5, 0.6) is 11.5 Å². The van der Waals surface area contributed by atoms with E-state index in [1.54, 1.807) is 7.11 Å². The Morgan fingerprint density at radius 3 is 2.56 bits per heavy atom. The Morgan fingerprint density at radius 1 is 1.21 bits per heavy atom. The number of hydrogen-bond donors (Lipinski definition) is 1. The molecule has 1 aliphatic carbocycles. The second-order valence-corrected chi connectivity index (χ2v) is 11.1. The minimum absolute atomic E-state index is 0.0165. The zero-order chi connectivity index (χ0) is 24.6. The van der Waals surface area contributed by atoms with Crippen LogP contribution in [0.25, 0.3) is 0 Å². The van der Waals surface area contributed by atoms with Crippen molar-refractivity contribution in [3.8, 4) is 11.5 Å². The zero-order valence-corrected chi connectivity index (χ0v) is 22.4. The Morgan fingerprint density at radius 2 is 1.91 bits per heavy atom. The number of nitrogens with one attached hydrogen (secondary N) is 1. The predicted molar refractivity (Wildman–Crippen MR) is 136 cm³/mol. The van der Waals surface area contributed by atoms with Crippen LogP contribution in [0.1, 0.15) is 71.3 Å². The van der Waals surface area contributed by atoms with Gasteiger partial charge in [-0.25, -0.2) is 0 Å². The molecule has 3 aliphatic rings. The first-order chi connectivity index (χ1) is 16.2. The molecule has 4 rings (SSSR count). The van der Waals surface area contributed by atoms with Gasteiger partial charge in [-0.15, -0.1) is 0 Å². The van der Waals surface area contributed by atoms with Gasteiger partial charge in [0.15, 0.2) is 17.3 Å². The summed E-state index contributed by atoms with van der Waals surface area (Å²) in [4.78, 5) is 29.4. The van der Waals surface area contributed by atoms with Crippen LogP contribution in [-0.4, -0.2) is 43.4 Å². The van der Waals surface area contributed by atoms with E-state index >= 15 is 0 Å². The Hall–Kier alpha value is -2.28. The molecule has 1 N–H and O–H groups in total. The molecular weight excluding hydrogens is 496 g/mol. The second-order valence-electron chi connectivity index (χ2n) is 10.2. The Labute approximate surface area is 210 Å². The van der Waals surface area contributed by atoms with Crippen LogP contribution in [0, 0.1) is 5.41 Å². The minimum Gasteiger partial charge on any atom is -0.493 e. The second kappa shape index (κ2) is 9.76. The van der Waals surface area contributed by atoms with E-state index in [0.29, 0.717) is 35.7 Å². The fraction of sp³-hybridized carbons (Fsp3) is 0.556. The van der Waals surface area contributed by atoms with Crippen LogP contribution in [0.2, 0.25) is 0 Å². The number of ketones is 1. The molecule has 2 aliphatic heterocycles. The van der Waals surface area contributed by atoms with Crippen molar-refractivity contribution in [1.29, 1.82) is 0 Å². The zero-order valence-electron chi connectivity index (χ0n) is 20.8. The molecule has 0 radical (unpaired) electrons. The lowest BCUT2D eigenvalue weighted by molar-refractivity contribution is -0.128. The van der Waals surface area contributed by atoms with Gasteiger partial charge >= 0.3 is 0 Å². The van der Waals surface area contributed by atoms with Gasteiger partial charge in [0.2, 0.25) is 0 Å². The summed E-state index contributed by atoms with van der Waals surface area (Å²) in [5.41, 5.74) is 3.86. The lowest BCUT2D eigenvalue weighted by Gasteiger charge is -2.41. The predicted octanol–water partition coefficient (Wildman–Crippen LogP) is 5.47. The van der Waals surface area contributed by atoms with Gasteiger partial charge in [0.05, 0.1) is 18.2 Å². The third-order valence-corrected chi connectivity index (χ3v) is 7.58. The number of benzene rings is 1. The summed E-state index contributed by atoms with van der Waals surface area (Å²) < 4.78 is 12.2. The summed E-state index contributed by atoms with van der Waals surface area (Å²) in [6, 6.07) is 3.89. The van der Waals surface area contributed by atoms with Gasteiger partial charge < -0.3 is 19.7 Å². The molecule has 1 amide bonds. The van der Waals surface area contributed by atoms with Crippen LogP contribution in [0.15, 0.2) is 39.1 Å². The van der Waals surface area contributed by atoms with Crippen molar-refractivity contribution in [3.05, 3.63) is 44.7 Å². The Balaban J connectivity index is 1.88. The van der Waals surface area contributed by atoms with Gasteiger partial charge in [-0.05, 0) is 78.6 Å². The summed E-state index contributed by atoms with van der Waals surface area (Å²) in [6.45, 7) is 10.1. The third kappa shape index (κ3) is 4.64. The molecular formula is C27H35BrN2O4. The smallest absolute Gasteiger partial charge is 0.252 e. The third-order valence-electron chi connectivity index (χ3n) is 6.99. The number of nitrogens with zero attached hydrogens (tertiary/aromatic N) is 1. The highest BCUT2D eigenvalue weighted by molar-refractivity contribution is 9.10. The van der Waals surface area contributed by atoms with E-state index in [2.05, 4.69) is 35.1 Å². The summed E-state index contributed by atoms with van der Waals surface area (Å²) in [7, 11) is 1.61. The number of halogens is 1. The maximum atomic E-state index is 13.9. The van der Waals surface area contributed by atoms with Crippen LogP contribution < -0.4 is 14.8 Å². The molecule has 1 aromatic rings. The van der Waals surface area contributed by atoms with E-state index in [0.717, 1.165) is 60.2 Å². The van der Waals surface area contributed by atoms with Gasteiger partial charge in [-0.1, -0.05) is 13.8 Å². The van der Waals surface area contributed by atoms with Gasteiger partial charge in [-0.3, -0.25) is 9.59 Å². The van der Waals surface area contributed by atoms with Crippen LogP contribution >= 0.6 is 15.9 Å². The average Bonchev–Trinajstić information content (AvgIpc) is 2.78. The molecule has 0 saturated carbocycles. The highest BCUT2D eigenvalue weighted by atomic mass is 79.9. The average molecular weight is 531 g/mol. The number of allylic oxidation sites excluding steroid dienone is 3. The first-order valence-corrected chi connectivity index (χ1v) is 13.0. The maximum absolute atomic E-state index is 13.9. The molecule has 0 spiro atoms. The van der Waals surface area contributed by atoms with E-state index in [1.807, 2.05) is 30.9 Å². The molecule has 0 aromatic heterocycles. The van der Waals surface area contributed by atoms with Crippen molar-refractivity contribution in [3.63, 3.8) is 0 Å². The molecule has 1 saturated heterocycles. The van der Waals surface area contributed by atoms with Crippen molar-refractivity contribution >= 4 is 27.6 Å². The number of Topliss-reactive ketones (excluding diaryl/α,β-unsaturated/α-hetero) is 1. The lowest BCUT2D eigenvalue weighted by Crippen LogP contribution is -2.43. The van der Waals surface area contributed by atoms with Gasteiger partial charge in [0, 0.05) is 48.0 Å². The quantitative estimate of drug-likeness (QED) is 0.546. The fourth-order valence-corrected chi connectivity index (χ4v) is 6.09. The first-order valence-electron chi connectivity index (χ1n) is 12.2. The summed E-state index contributed by atoms with van der Waals surface area (Å²) in [6.07, 6.45) is 4.40. The Bertz CT molecular complexity index is 1070. The first kappa shape index (κ1) is 24.8. The molecule has 2 heterocycles. The number of piperidine rings is 1. The number of carbonyl (C=O) groups excluding carboxylic acids is 2. The van der Waals surface area contributed by atoms with Gasteiger partial charge in [0.1, 0.15) is 0 Å². The number of likely N-dealkylation sites (tertiary alicyclic amines) is 1. The summed E-state index contributed by atoms with van der Waals surface area (Å²) in [5, 5.41) is 3.47. The number of hydrogen-bond acceptors (Lipinski definition) is 5. The van der Waals surface area contributed by atoms with Gasteiger partial charge in [0.25, 0.3) is 5.91 Å². The Kier molecular flexibility index (Phi) is 7.13. The van der Waals surface area contributed by atoms with Crippen molar-refractivity contribution in [1.82, 2.24) is 10.2 Å². The number of methoxy groups -OCH3 is 1. The minimum atomic E-state index is -0.449. The molecule has 7 heteroatoms. The molecule has 1 unspecified atom stereocenters. The molecule has 1 fully saturated rings. The van der Waals surface area contributed by atoms with Crippen molar-refractivity contribution < 1.29 is 19.1 Å². The van der Waals surface area contributed by atoms with Crippen LogP contribution in [-0.2, 0) is 9.59 Å². The number of amides is 1. The highest BCUT2D eigenvalue weighted by Crippen LogP contribution is 2.49. The SMILES string of the molecule is CCOc1c(Br)cc(C2C(C(=O)N3CCCCC3)=C(C)NC3=C2C(=O)CC(C)(C)C3)cc1OC. The number of dihydropyridines is 1. The standard InChI is InChI=1S/C27H35BrN2O4/c1-6-34-25-18(28)12-17(13-21(25)33-5)23-22(26(32)30-10-8-7-9-11-30)16(2)29-19-14-27(3,4)15-20(31)24(19)23/h12-13,23,29H,6-11,14-15H2,1-5H3. The molecule has 1 atom stereocenters. The normalized spacial score (nSPS) is 22.4. The van der Waals surface area contributed by atoms with Gasteiger partial charge in [-0.2, -0.15) is 0 Å². The number of carbonyl (C=O) groups is 2. The van der Waals surface area contributed by atoms with Crippen molar-refractivity contribution in [2.75, 3.05) is 26.8 Å².